The van der Waals surface area contributed by atoms with Crippen molar-refractivity contribution in [3.63, 3.8) is 0 Å². The van der Waals surface area contributed by atoms with Crippen molar-refractivity contribution in [3.8, 4) is 0 Å². The average Bonchev–Trinajstić information content (AvgIpc) is 2.80. The van der Waals surface area contributed by atoms with Gasteiger partial charge in [0.1, 0.15) is 0 Å². The summed E-state index contributed by atoms with van der Waals surface area (Å²) < 4.78 is 84.1. The van der Waals surface area contributed by atoms with Crippen molar-refractivity contribution >= 4 is 17.6 Å². The third kappa shape index (κ3) is 2.65. The summed E-state index contributed by atoms with van der Waals surface area (Å²) in [5, 5.41) is 20.0. The lowest BCUT2D eigenvalue weighted by molar-refractivity contribution is -0.267. The number of carbonyl (C=O) groups is 2. The second-order valence-electron chi connectivity index (χ2n) is 5.69. The zero-order valence-corrected chi connectivity index (χ0v) is 13.8. The maximum atomic E-state index is 13.4. The molecule has 1 aromatic rings. The van der Waals surface area contributed by atoms with E-state index >= 15 is 0 Å². The number of hydrogen-bond donors (Lipinski definition) is 2. The van der Waals surface area contributed by atoms with Gasteiger partial charge in [0.2, 0.25) is 0 Å². The normalized spacial score (nSPS) is 22.4. The van der Waals surface area contributed by atoms with Gasteiger partial charge < -0.3 is 19.8 Å². The lowest BCUT2D eigenvalue weighted by Crippen LogP contribution is -2.51. The van der Waals surface area contributed by atoms with E-state index in [0.29, 0.717) is 24.1 Å². The molecule has 0 fully saturated rings. The summed E-state index contributed by atoms with van der Waals surface area (Å²) in [6.45, 7) is 0.975. The molecule has 1 heterocycles. The molecule has 0 aromatic heterocycles. The SMILES string of the molecule is CCN1C(=O)C(O)(C(F)(F)F)c2cc(C(O)(C(=O)OC)C(F)(F)F)ccc21. The Balaban J connectivity index is 2.82. The quantitative estimate of drug-likeness (QED) is 0.595. The first-order valence-corrected chi connectivity index (χ1v) is 7.31. The van der Waals surface area contributed by atoms with E-state index in [-0.39, 0.29) is 12.6 Å². The van der Waals surface area contributed by atoms with Gasteiger partial charge in [0.15, 0.2) is 0 Å². The number of alkyl halides is 6. The highest BCUT2D eigenvalue weighted by atomic mass is 19.4. The van der Waals surface area contributed by atoms with Gasteiger partial charge in [-0.05, 0) is 19.1 Å². The summed E-state index contributed by atoms with van der Waals surface area (Å²) in [4.78, 5) is 24.2. The van der Waals surface area contributed by atoms with Crippen LogP contribution in [0.4, 0.5) is 32.0 Å². The molecule has 6 nitrogen and oxygen atoms in total. The summed E-state index contributed by atoms with van der Waals surface area (Å²) >= 11 is 0. The zero-order valence-electron chi connectivity index (χ0n) is 13.8. The van der Waals surface area contributed by atoms with Crippen LogP contribution in [0.3, 0.4) is 0 Å². The number of carbonyl (C=O) groups excluding carboxylic acids is 2. The van der Waals surface area contributed by atoms with Crippen LogP contribution >= 0.6 is 0 Å². The Bertz CT molecular complexity index is 792. The summed E-state index contributed by atoms with van der Waals surface area (Å²) in [5.41, 5.74) is -11.5. The van der Waals surface area contributed by atoms with Crippen LogP contribution in [0.5, 0.6) is 0 Å². The molecule has 0 radical (unpaired) electrons. The molecule has 1 aliphatic rings. The lowest BCUT2D eigenvalue weighted by atomic mass is 9.87. The van der Waals surface area contributed by atoms with Crippen LogP contribution in [0.1, 0.15) is 18.1 Å². The van der Waals surface area contributed by atoms with Crippen LogP contribution in [-0.2, 0) is 25.5 Å². The molecular weight excluding hydrogens is 388 g/mol. The fourth-order valence-electron chi connectivity index (χ4n) is 2.84. The summed E-state index contributed by atoms with van der Waals surface area (Å²) in [7, 11) is 0.542. The molecule has 150 valence electrons. The van der Waals surface area contributed by atoms with Gasteiger partial charge in [-0.15, -0.1) is 0 Å². The molecule has 2 N–H and O–H groups in total. The number of benzene rings is 1. The van der Waals surface area contributed by atoms with Crippen molar-refractivity contribution in [2.75, 3.05) is 18.6 Å². The second kappa shape index (κ2) is 6.09. The monoisotopic (exact) mass is 401 g/mol. The topological polar surface area (TPSA) is 87.1 Å². The molecule has 27 heavy (non-hydrogen) atoms. The second-order valence-corrected chi connectivity index (χ2v) is 5.69. The maximum Gasteiger partial charge on any atom is 0.432 e. The molecule has 1 aromatic carbocycles. The molecule has 12 heteroatoms. The van der Waals surface area contributed by atoms with E-state index in [2.05, 4.69) is 4.74 Å². The number of halogens is 6. The van der Waals surface area contributed by atoms with E-state index < -0.39 is 52.2 Å². The van der Waals surface area contributed by atoms with Gasteiger partial charge in [-0.25, -0.2) is 4.79 Å². The van der Waals surface area contributed by atoms with Crippen LogP contribution < -0.4 is 4.90 Å². The van der Waals surface area contributed by atoms with Crippen LogP contribution in [-0.4, -0.2) is 48.1 Å². The van der Waals surface area contributed by atoms with Gasteiger partial charge in [-0.3, -0.25) is 4.79 Å². The Hall–Kier alpha value is -2.34. The lowest BCUT2D eigenvalue weighted by Gasteiger charge is -2.29. The van der Waals surface area contributed by atoms with E-state index in [1.54, 1.807) is 0 Å². The third-order valence-corrected chi connectivity index (χ3v) is 4.27. The maximum absolute atomic E-state index is 13.4. The first-order valence-electron chi connectivity index (χ1n) is 7.31. The van der Waals surface area contributed by atoms with E-state index in [1.807, 2.05) is 0 Å². The zero-order chi connectivity index (χ0) is 21.0. The van der Waals surface area contributed by atoms with Crippen molar-refractivity contribution in [2.45, 2.75) is 30.5 Å². The van der Waals surface area contributed by atoms with Crippen LogP contribution in [0.2, 0.25) is 0 Å². The Labute approximate surface area is 147 Å². The number of amides is 1. The Kier molecular flexibility index (Phi) is 4.73. The number of likely N-dealkylation sites (N-methyl/N-ethyl adjacent to an activating group) is 1. The van der Waals surface area contributed by atoms with E-state index in [9.17, 15) is 46.1 Å². The minimum atomic E-state index is -5.66. The smallest absolute Gasteiger partial charge is 0.432 e. The first kappa shape index (κ1) is 21.0. The minimum absolute atomic E-state index is 0.126. The minimum Gasteiger partial charge on any atom is -0.466 e. The highest BCUT2D eigenvalue weighted by Gasteiger charge is 2.68. The van der Waals surface area contributed by atoms with Crippen molar-refractivity contribution in [1.82, 2.24) is 0 Å². The number of esters is 1. The van der Waals surface area contributed by atoms with E-state index in [0.717, 1.165) is 0 Å². The largest absolute Gasteiger partial charge is 0.466 e. The fraction of sp³-hybridized carbons (Fsp3) is 0.467. The van der Waals surface area contributed by atoms with Gasteiger partial charge >= 0.3 is 18.3 Å². The van der Waals surface area contributed by atoms with E-state index in [4.69, 9.17) is 0 Å². The third-order valence-electron chi connectivity index (χ3n) is 4.27. The number of fused-ring (bicyclic) bond motifs is 1. The molecule has 2 rings (SSSR count). The molecule has 0 saturated carbocycles. The Morgan fingerprint density at radius 1 is 1.22 bits per heavy atom. The summed E-state index contributed by atoms with van der Waals surface area (Å²) in [6.07, 6.45) is -11.2. The molecule has 2 unspecified atom stereocenters. The molecule has 1 aliphatic heterocycles. The van der Waals surface area contributed by atoms with Crippen molar-refractivity contribution in [3.05, 3.63) is 29.3 Å². The molecule has 0 spiro atoms. The average molecular weight is 401 g/mol. The van der Waals surface area contributed by atoms with Gasteiger partial charge in [0, 0.05) is 17.7 Å². The number of hydrogen-bond acceptors (Lipinski definition) is 5. The fourth-order valence-corrected chi connectivity index (χ4v) is 2.84. The molecule has 0 bridgehead atoms. The molecule has 0 aliphatic carbocycles. The highest BCUT2D eigenvalue weighted by molar-refractivity contribution is 6.07. The van der Waals surface area contributed by atoms with Crippen LogP contribution in [0.15, 0.2) is 18.2 Å². The summed E-state index contributed by atoms with van der Waals surface area (Å²) in [6, 6.07) is 1.33. The standard InChI is InChI=1S/C15H13F6NO5/c1-3-22-9-5-4-7(12(25,11(24)27-2)14(16,17)18)6-8(9)13(26,10(22)23)15(19,20)21/h4-6,25-26H,3H2,1-2H3. The number of aliphatic hydroxyl groups is 2. The van der Waals surface area contributed by atoms with Gasteiger partial charge in [0.25, 0.3) is 17.1 Å². The molecule has 1 amide bonds. The number of rotatable bonds is 3. The predicted molar refractivity (Wildman–Crippen MR) is 76.4 cm³/mol. The van der Waals surface area contributed by atoms with Crippen LogP contribution in [0, 0.1) is 0 Å². The number of anilines is 1. The predicted octanol–water partition coefficient (Wildman–Crippen LogP) is 1.73. The number of nitrogens with zero attached hydrogens (tertiary/aromatic N) is 1. The van der Waals surface area contributed by atoms with Crippen molar-refractivity contribution < 1.29 is 50.9 Å². The van der Waals surface area contributed by atoms with Crippen molar-refractivity contribution in [1.29, 1.82) is 0 Å². The number of ether oxygens (including phenoxy) is 1. The van der Waals surface area contributed by atoms with Gasteiger partial charge in [-0.2, -0.15) is 26.3 Å². The van der Waals surface area contributed by atoms with Gasteiger partial charge in [-0.1, -0.05) is 6.07 Å². The molecule has 2 atom stereocenters. The molecular formula is C15H13F6NO5. The van der Waals surface area contributed by atoms with Gasteiger partial charge in [0.05, 0.1) is 12.8 Å². The molecule has 0 saturated heterocycles. The number of methoxy groups -OCH3 is 1. The first-order chi connectivity index (χ1) is 12.2. The summed E-state index contributed by atoms with van der Waals surface area (Å²) in [5.74, 6) is -4.00. The van der Waals surface area contributed by atoms with Crippen molar-refractivity contribution in [2.24, 2.45) is 0 Å². The van der Waals surface area contributed by atoms with Crippen LogP contribution in [0.25, 0.3) is 0 Å². The Morgan fingerprint density at radius 2 is 1.78 bits per heavy atom. The van der Waals surface area contributed by atoms with E-state index in [1.165, 1.54) is 6.92 Å². The highest BCUT2D eigenvalue weighted by Crippen LogP contribution is 2.51. The Morgan fingerprint density at radius 3 is 2.19 bits per heavy atom.